The Morgan fingerprint density at radius 2 is 1.56 bits per heavy atom. The van der Waals surface area contributed by atoms with Gasteiger partial charge < -0.3 is 55.1 Å². The van der Waals surface area contributed by atoms with E-state index in [0.717, 1.165) is 18.2 Å². The molecule has 2 heterocycles. The second kappa shape index (κ2) is 12.0. The number of aliphatic hydroxyl groups excluding tert-OH is 3. The predicted molar refractivity (Wildman–Crippen MR) is 148 cm³/mol. The molecule has 1 aliphatic rings. The summed E-state index contributed by atoms with van der Waals surface area (Å²) < 4.78 is 22.5. The molecule has 0 aliphatic carbocycles. The zero-order valence-electron chi connectivity index (χ0n) is 22.1. The summed E-state index contributed by atoms with van der Waals surface area (Å²) in [7, 11) is 0. The van der Waals surface area contributed by atoms with Crippen molar-refractivity contribution in [3.63, 3.8) is 0 Å². The molecule has 0 spiro atoms. The lowest BCUT2D eigenvalue weighted by atomic mass is 9.99. The number of aliphatic hydroxyl groups is 3. The van der Waals surface area contributed by atoms with Gasteiger partial charge in [0.15, 0.2) is 11.5 Å². The van der Waals surface area contributed by atoms with Crippen LogP contribution in [0.4, 0.5) is 0 Å². The van der Waals surface area contributed by atoms with Gasteiger partial charge in [-0.25, -0.2) is 9.21 Å². The molecule has 0 bridgehead atoms. The van der Waals surface area contributed by atoms with Gasteiger partial charge in [0.25, 0.3) is 0 Å². The molecule has 8 N–H and O–H groups in total. The van der Waals surface area contributed by atoms with Gasteiger partial charge >= 0.3 is 17.3 Å². The quantitative estimate of drug-likeness (QED) is 0.0667. The van der Waals surface area contributed by atoms with E-state index in [1.54, 1.807) is 12.1 Å². The monoisotopic (exact) mass is 595 g/mol. The zero-order chi connectivity index (χ0) is 30.8. The Balaban J connectivity index is 1.39. The number of hydrogen-bond acceptors (Lipinski definition) is 12. The van der Waals surface area contributed by atoms with Crippen molar-refractivity contribution < 1.29 is 64.3 Å². The van der Waals surface area contributed by atoms with Crippen LogP contribution in [0.2, 0.25) is 0 Å². The molecule has 1 fully saturated rings. The van der Waals surface area contributed by atoms with Crippen molar-refractivity contribution in [1.29, 1.82) is 0 Å². The molecule has 43 heavy (non-hydrogen) atoms. The van der Waals surface area contributed by atoms with Crippen LogP contribution < -0.4 is 4.74 Å². The molecule has 0 amide bonds. The third-order valence-electron chi connectivity index (χ3n) is 6.66. The molecule has 0 radical (unpaired) electrons. The summed E-state index contributed by atoms with van der Waals surface area (Å²) in [4.78, 5) is 12.3. The molecule has 13 nitrogen and oxygen atoms in total. The Labute approximate surface area is 242 Å². The number of aromatic hydroxyl groups is 5. The number of ether oxygens (including phenoxy) is 3. The minimum absolute atomic E-state index is 0.0122. The molecule has 1 aliphatic heterocycles. The number of benzene rings is 3. The predicted octanol–water partition coefficient (Wildman–Crippen LogP) is 2.35. The Bertz CT molecular complexity index is 1670. The van der Waals surface area contributed by atoms with Crippen LogP contribution in [0, 0.1) is 0 Å². The molecule has 2 unspecified atom stereocenters. The van der Waals surface area contributed by atoms with E-state index in [9.17, 15) is 45.6 Å². The summed E-state index contributed by atoms with van der Waals surface area (Å²) in [5.74, 6) is -2.60. The van der Waals surface area contributed by atoms with E-state index >= 15 is 0 Å². The van der Waals surface area contributed by atoms with Crippen LogP contribution in [-0.4, -0.2) is 84.1 Å². The van der Waals surface area contributed by atoms with Crippen molar-refractivity contribution in [2.75, 3.05) is 6.61 Å². The molecule has 3 aromatic carbocycles. The highest BCUT2D eigenvalue weighted by Crippen LogP contribution is 2.42. The van der Waals surface area contributed by atoms with Crippen molar-refractivity contribution in [3.05, 3.63) is 72.3 Å². The maximum atomic E-state index is 12.3. The van der Waals surface area contributed by atoms with E-state index in [1.807, 2.05) is 0 Å². The van der Waals surface area contributed by atoms with Crippen LogP contribution in [0.25, 0.3) is 28.4 Å². The van der Waals surface area contributed by atoms with E-state index in [-0.39, 0.29) is 45.3 Å². The highest BCUT2D eigenvalue weighted by molar-refractivity contribution is 5.89. The lowest BCUT2D eigenvalue weighted by molar-refractivity contribution is -0.278. The Kier molecular flexibility index (Phi) is 8.23. The number of carbonyl (C=O) groups is 1. The Morgan fingerprint density at radius 3 is 2.28 bits per heavy atom. The topological polar surface area (TPSA) is 218 Å². The number of hydrogen-bond donors (Lipinski definition) is 8. The van der Waals surface area contributed by atoms with Gasteiger partial charge in [-0.3, -0.25) is 0 Å². The van der Waals surface area contributed by atoms with Crippen LogP contribution in [-0.2, 0) is 14.3 Å². The van der Waals surface area contributed by atoms with Gasteiger partial charge in [0.05, 0.1) is 11.6 Å². The van der Waals surface area contributed by atoms with Crippen LogP contribution in [0.5, 0.6) is 34.5 Å². The first-order valence-electron chi connectivity index (χ1n) is 12.9. The fourth-order valence-electron chi connectivity index (χ4n) is 4.38. The molecule has 5 atom stereocenters. The van der Waals surface area contributed by atoms with Crippen molar-refractivity contribution in [3.8, 4) is 45.8 Å². The van der Waals surface area contributed by atoms with Crippen molar-refractivity contribution in [1.82, 2.24) is 0 Å². The summed E-state index contributed by atoms with van der Waals surface area (Å²) in [6, 6.07) is 13.3. The van der Waals surface area contributed by atoms with Gasteiger partial charge in [0.1, 0.15) is 53.7 Å². The SMILES string of the molecule is O=C(/C=C/c1ccc(O)cc1)OC[C@@H]1OC(Oc2cc3c(O)cc(O)cc3[o+]c2-c2ccc(O)c(O)c2)C(O)[C@H](O)[C@H]1O. The van der Waals surface area contributed by atoms with Gasteiger partial charge in [-0.2, -0.15) is 0 Å². The molecule has 13 heteroatoms. The van der Waals surface area contributed by atoms with Crippen LogP contribution >= 0.6 is 0 Å². The summed E-state index contributed by atoms with van der Waals surface area (Å²) in [6.07, 6.45) is -5.73. The summed E-state index contributed by atoms with van der Waals surface area (Å²) in [6.45, 7) is -0.537. The first-order valence-corrected chi connectivity index (χ1v) is 12.9. The normalized spacial score (nSPS) is 22.1. The average Bonchev–Trinajstić information content (AvgIpc) is 2.98. The standard InChI is InChI=1S/C30H26O13/c31-16-5-1-14(2-6-16)3-8-25(36)40-13-24-26(37)27(38)28(39)30(43-24)42-23-12-18-20(34)10-17(32)11-22(18)41-29(23)15-4-7-19(33)21(35)9-15/h1-12,24,26-28,30,37-39H,13H2,(H4-,31,32,33,34,35,36)/p+1/t24-,26-,27+,28?,30?/m0/s1. The molecule has 0 saturated carbocycles. The number of phenolic OH excluding ortho intramolecular Hbond substituents is 5. The van der Waals surface area contributed by atoms with E-state index in [1.165, 1.54) is 42.5 Å². The fourth-order valence-corrected chi connectivity index (χ4v) is 4.38. The molecule has 224 valence electrons. The third-order valence-corrected chi connectivity index (χ3v) is 6.66. The summed E-state index contributed by atoms with van der Waals surface area (Å²) >= 11 is 0. The van der Waals surface area contributed by atoms with E-state index < -0.39 is 54.8 Å². The molecule has 1 aromatic heterocycles. The van der Waals surface area contributed by atoms with E-state index in [0.29, 0.717) is 5.56 Å². The van der Waals surface area contributed by atoms with Crippen molar-refractivity contribution in [2.45, 2.75) is 30.7 Å². The second-order valence-corrected chi connectivity index (χ2v) is 9.71. The lowest BCUT2D eigenvalue weighted by Gasteiger charge is -2.39. The smallest absolute Gasteiger partial charge is 0.402 e. The molecule has 1 saturated heterocycles. The van der Waals surface area contributed by atoms with Gasteiger partial charge in [-0.05, 0) is 35.9 Å². The second-order valence-electron chi connectivity index (χ2n) is 9.71. The van der Waals surface area contributed by atoms with E-state index in [4.69, 9.17) is 18.6 Å². The molecular formula is C30H27O13+. The van der Waals surface area contributed by atoms with Crippen LogP contribution in [0.15, 0.2) is 71.2 Å². The third kappa shape index (κ3) is 6.39. The highest BCUT2D eigenvalue weighted by Gasteiger charge is 2.46. The van der Waals surface area contributed by atoms with Gasteiger partial charge in [0, 0.05) is 24.3 Å². The average molecular weight is 596 g/mol. The largest absolute Gasteiger partial charge is 0.508 e. The maximum Gasteiger partial charge on any atom is 0.402 e. The fraction of sp³-hybridized carbons (Fsp3) is 0.200. The molecular weight excluding hydrogens is 568 g/mol. The van der Waals surface area contributed by atoms with Crippen molar-refractivity contribution >= 4 is 23.0 Å². The van der Waals surface area contributed by atoms with Crippen LogP contribution in [0.3, 0.4) is 0 Å². The first kappa shape index (κ1) is 29.4. The summed E-state index contributed by atoms with van der Waals surface area (Å²) in [5.41, 5.74) is 0.792. The number of esters is 1. The minimum atomic E-state index is -1.80. The number of fused-ring (bicyclic) bond motifs is 1. The van der Waals surface area contributed by atoms with Crippen molar-refractivity contribution in [2.24, 2.45) is 0 Å². The number of carbonyl (C=O) groups excluding carboxylic acids is 1. The lowest BCUT2D eigenvalue weighted by Crippen LogP contribution is -2.60. The molecule has 4 aromatic rings. The number of phenols is 5. The minimum Gasteiger partial charge on any atom is -0.508 e. The van der Waals surface area contributed by atoms with Gasteiger partial charge in [0.2, 0.25) is 12.0 Å². The first-order chi connectivity index (χ1) is 20.5. The highest BCUT2D eigenvalue weighted by atomic mass is 16.7. The Morgan fingerprint density at radius 1 is 0.814 bits per heavy atom. The summed E-state index contributed by atoms with van der Waals surface area (Å²) in [5, 5.41) is 81.2. The zero-order valence-corrected chi connectivity index (χ0v) is 22.1. The maximum absolute atomic E-state index is 12.3. The molecule has 5 rings (SSSR count). The van der Waals surface area contributed by atoms with Gasteiger partial charge in [-0.15, -0.1) is 0 Å². The number of rotatable bonds is 7. The van der Waals surface area contributed by atoms with E-state index in [2.05, 4.69) is 0 Å². The van der Waals surface area contributed by atoms with Gasteiger partial charge in [-0.1, -0.05) is 12.1 Å². The Hall–Kier alpha value is -5.08. The van der Waals surface area contributed by atoms with Crippen LogP contribution in [0.1, 0.15) is 5.56 Å².